The molecule has 1 amide bonds. The molecule has 0 saturated carbocycles. The van der Waals surface area contributed by atoms with E-state index < -0.39 is 0 Å². The highest BCUT2D eigenvalue weighted by molar-refractivity contribution is 6.04. The highest BCUT2D eigenvalue weighted by Gasteiger charge is 2.08. The molecule has 120 valence electrons. The van der Waals surface area contributed by atoms with Gasteiger partial charge in [0.15, 0.2) is 0 Å². The molecule has 0 spiro atoms. The van der Waals surface area contributed by atoms with Gasteiger partial charge in [-0.25, -0.2) is 4.98 Å². The Morgan fingerprint density at radius 1 is 0.958 bits per heavy atom. The minimum atomic E-state index is -0.148. The lowest BCUT2D eigenvalue weighted by atomic mass is 10.1. The fourth-order valence-electron chi connectivity index (χ4n) is 2.38. The number of aromatic nitrogens is 1. The zero-order chi connectivity index (χ0) is 16.8. The lowest BCUT2D eigenvalue weighted by Crippen LogP contribution is -2.14. The predicted octanol–water partition coefficient (Wildman–Crippen LogP) is 4.25. The number of pyridine rings is 1. The van der Waals surface area contributed by atoms with Gasteiger partial charge in [0, 0.05) is 12.1 Å². The lowest BCUT2D eigenvalue weighted by Gasteiger charge is -2.09. The SMILES string of the molecule is Cc1ccccc1C(=O)Nc1ccc(NCc2ccccc2)cn1. The van der Waals surface area contributed by atoms with Crippen molar-refractivity contribution in [1.82, 2.24) is 4.98 Å². The van der Waals surface area contributed by atoms with Crippen LogP contribution >= 0.6 is 0 Å². The number of amides is 1. The van der Waals surface area contributed by atoms with Crippen LogP contribution in [0.3, 0.4) is 0 Å². The number of hydrogen-bond acceptors (Lipinski definition) is 3. The third-order valence-electron chi connectivity index (χ3n) is 3.73. The van der Waals surface area contributed by atoms with Gasteiger partial charge in [-0.05, 0) is 36.2 Å². The van der Waals surface area contributed by atoms with Crippen LogP contribution in [0.5, 0.6) is 0 Å². The van der Waals surface area contributed by atoms with Gasteiger partial charge in [-0.1, -0.05) is 48.5 Å². The number of carbonyl (C=O) groups is 1. The Balaban J connectivity index is 1.60. The van der Waals surface area contributed by atoms with Gasteiger partial charge in [0.1, 0.15) is 5.82 Å². The number of nitrogens with one attached hydrogen (secondary N) is 2. The molecule has 0 unspecified atom stereocenters. The van der Waals surface area contributed by atoms with Crippen LogP contribution in [0.25, 0.3) is 0 Å². The van der Waals surface area contributed by atoms with Crippen LogP contribution in [0.2, 0.25) is 0 Å². The summed E-state index contributed by atoms with van der Waals surface area (Å²) in [5, 5.41) is 6.13. The van der Waals surface area contributed by atoms with Crippen molar-refractivity contribution in [2.75, 3.05) is 10.6 Å². The van der Waals surface area contributed by atoms with Crippen LogP contribution in [0.1, 0.15) is 21.5 Å². The number of hydrogen-bond donors (Lipinski definition) is 2. The van der Waals surface area contributed by atoms with Gasteiger partial charge < -0.3 is 10.6 Å². The summed E-state index contributed by atoms with van der Waals surface area (Å²) < 4.78 is 0. The molecule has 0 aliphatic rings. The summed E-state index contributed by atoms with van der Waals surface area (Å²) in [6.45, 7) is 2.65. The molecule has 2 N–H and O–H groups in total. The summed E-state index contributed by atoms with van der Waals surface area (Å²) >= 11 is 0. The van der Waals surface area contributed by atoms with Crippen molar-refractivity contribution in [3.8, 4) is 0 Å². The van der Waals surface area contributed by atoms with Crippen molar-refractivity contribution in [2.24, 2.45) is 0 Å². The molecule has 1 heterocycles. The second kappa shape index (κ2) is 7.42. The van der Waals surface area contributed by atoms with E-state index in [1.54, 1.807) is 18.3 Å². The number of nitrogens with zero attached hydrogens (tertiary/aromatic N) is 1. The molecule has 4 nitrogen and oxygen atoms in total. The first-order valence-corrected chi connectivity index (χ1v) is 7.83. The Bertz CT molecular complexity index is 814. The first kappa shape index (κ1) is 15.7. The van der Waals surface area contributed by atoms with Crippen LogP contribution in [0.4, 0.5) is 11.5 Å². The Kier molecular flexibility index (Phi) is 4.87. The maximum Gasteiger partial charge on any atom is 0.257 e. The third-order valence-corrected chi connectivity index (χ3v) is 3.73. The molecule has 0 atom stereocenters. The van der Waals surface area contributed by atoms with Crippen molar-refractivity contribution in [2.45, 2.75) is 13.5 Å². The van der Waals surface area contributed by atoms with Crippen LogP contribution in [-0.4, -0.2) is 10.9 Å². The van der Waals surface area contributed by atoms with Crippen LogP contribution in [-0.2, 0) is 6.54 Å². The van der Waals surface area contributed by atoms with E-state index in [9.17, 15) is 4.79 Å². The standard InChI is InChI=1S/C20H19N3O/c1-15-7-5-6-10-18(15)20(24)23-19-12-11-17(14-22-19)21-13-16-8-3-2-4-9-16/h2-12,14,21H,13H2,1H3,(H,22,23,24). The van der Waals surface area contributed by atoms with Gasteiger partial charge in [-0.15, -0.1) is 0 Å². The Morgan fingerprint density at radius 3 is 2.42 bits per heavy atom. The van der Waals surface area contributed by atoms with Crippen molar-refractivity contribution in [3.05, 3.63) is 89.6 Å². The zero-order valence-electron chi connectivity index (χ0n) is 13.5. The van der Waals surface area contributed by atoms with Gasteiger partial charge in [-0.2, -0.15) is 0 Å². The zero-order valence-corrected chi connectivity index (χ0v) is 13.5. The molecular weight excluding hydrogens is 298 g/mol. The van der Waals surface area contributed by atoms with Gasteiger partial charge in [-0.3, -0.25) is 4.79 Å². The second-order valence-corrected chi connectivity index (χ2v) is 5.54. The minimum absolute atomic E-state index is 0.148. The molecule has 0 bridgehead atoms. The highest BCUT2D eigenvalue weighted by Crippen LogP contribution is 2.14. The molecule has 2 aromatic carbocycles. The Hall–Kier alpha value is -3.14. The van der Waals surface area contributed by atoms with Crippen molar-refractivity contribution < 1.29 is 4.79 Å². The summed E-state index contributed by atoms with van der Waals surface area (Å²) in [6, 6.07) is 21.3. The minimum Gasteiger partial charge on any atom is -0.380 e. The van der Waals surface area contributed by atoms with E-state index in [0.29, 0.717) is 11.4 Å². The van der Waals surface area contributed by atoms with E-state index in [1.165, 1.54) is 5.56 Å². The van der Waals surface area contributed by atoms with Crippen LogP contribution in [0, 0.1) is 6.92 Å². The van der Waals surface area contributed by atoms with Gasteiger partial charge in [0.05, 0.1) is 11.9 Å². The smallest absolute Gasteiger partial charge is 0.257 e. The Labute approximate surface area is 141 Å². The average molecular weight is 317 g/mol. The van der Waals surface area contributed by atoms with E-state index in [-0.39, 0.29) is 5.91 Å². The Morgan fingerprint density at radius 2 is 1.71 bits per heavy atom. The molecule has 0 saturated heterocycles. The van der Waals surface area contributed by atoms with Crippen molar-refractivity contribution in [1.29, 1.82) is 0 Å². The molecule has 0 aliphatic carbocycles. The molecular formula is C20H19N3O. The number of benzene rings is 2. The number of aryl methyl sites for hydroxylation is 1. The molecule has 0 fully saturated rings. The van der Waals surface area contributed by atoms with E-state index in [4.69, 9.17) is 0 Å². The highest BCUT2D eigenvalue weighted by atomic mass is 16.1. The lowest BCUT2D eigenvalue weighted by molar-refractivity contribution is 0.102. The second-order valence-electron chi connectivity index (χ2n) is 5.54. The monoisotopic (exact) mass is 317 g/mol. The maximum atomic E-state index is 12.3. The summed E-state index contributed by atoms with van der Waals surface area (Å²) in [5.74, 6) is 0.388. The topological polar surface area (TPSA) is 54.0 Å². The van der Waals surface area contributed by atoms with E-state index in [2.05, 4.69) is 27.8 Å². The van der Waals surface area contributed by atoms with Gasteiger partial charge in [0.2, 0.25) is 0 Å². The molecule has 1 aromatic heterocycles. The first-order valence-electron chi connectivity index (χ1n) is 7.83. The van der Waals surface area contributed by atoms with Gasteiger partial charge in [0.25, 0.3) is 5.91 Å². The van der Waals surface area contributed by atoms with E-state index >= 15 is 0 Å². The van der Waals surface area contributed by atoms with E-state index in [1.807, 2.05) is 49.4 Å². The maximum absolute atomic E-state index is 12.3. The summed E-state index contributed by atoms with van der Waals surface area (Å²) in [5.41, 5.74) is 3.71. The molecule has 0 aliphatic heterocycles. The average Bonchev–Trinajstić information content (AvgIpc) is 2.62. The summed E-state index contributed by atoms with van der Waals surface area (Å²) in [7, 11) is 0. The fraction of sp³-hybridized carbons (Fsp3) is 0.100. The van der Waals surface area contributed by atoms with Crippen LogP contribution in [0.15, 0.2) is 72.9 Å². The van der Waals surface area contributed by atoms with Crippen molar-refractivity contribution >= 4 is 17.4 Å². The van der Waals surface area contributed by atoms with Crippen molar-refractivity contribution in [3.63, 3.8) is 0 Å². The molecule has 24 heavy (non-hydrogen) atoms. The first-order chi connectivity index (χ1) is 11.7. The number of rotatable bonds is 5. The molecule has 3 rings (SSSR count). The third kappa shape index (κ3) is 3.98. The molecule has 0 radical (unpaired) electrons. The largest absolute Gasteiger partial charge is 0.380 e. The predicted molar refractivity (Wildman–Crippen MR) is 97.1 cm³/mol. The number of carbonyl (C=O) groups excluding carboxylic acids is 1. The van der Waals surface area contributed by atoms with E-state index in [0.717, 1.165) is 17.8 Å². The molecule has 3 aromatic rings. The van der Waals surface area contributed by atoms with Crippen LogP contribution < -0.4 is 10.6 Å². The van der Waals surface area contributed by atoms with Gasteiger partial charge >= 0.3 is 0 Å². The normalized spacial score (nSPS) is 10.2. The number of anilines is 2. The fourth-order valence-corrected chi connectivity index (χ4v) is 2.38. The molecule has 4 heteroatoms. The quantitative estimate of drug-likeness (QED) is 0.739. The summed E-state index contributed by atoms with van der Waals surface area (Å²) in [6.07, 6.45) is 1.72. The summed E-state index contributed by atoms with van der Waals surface area (Å²) in [4.78, 5) is 16.6.